The van der Waals surface area contributed by atoms with E-state index < -0.39 is 5.54 Å². The molecule has 2 aromatic carbocycles. The van der Waals surface area contributed by atoms with E-state index in [4.69, 9.17) is 17.3 Å². The molecule has 4 rings (SSSR count). The molecule has 0 fully saturated rings. The molecule has 31 heavy (non-hydrogen) atoms. The quantitative estimate of drug-likeness (QED) is 0.469. The van der Waals surface area contributed by atoms with E-state index in [0.29, 0.717) is 21.9 Å². The number of nitrogens with one attached hydrogen (secondary N) is 1. The maximum Gasteiger partial charge on any atom is 0.274 e. The lowest BCUT2D eigenvalue weighted by atomic mass is 10.0. The Kier molecular flexibility index (Phi) is 5.33. The summed E-state index contributed by atoms with van der Waals surface area (Å²) in [6.07, 6.45) is 1.70. The van der Waals surface area contributed by atoms with Gasteiger partial charge in [-0.25, -0.2) is 9.97 Å². The van der Waals surface area contributed by atoms with Crippen LogP contribution in [0.5, 0.6) is 0 Å². The molecule has 0 atom stereocenters. The number of anilines is 1. The van der Waals surface area contributed by atoms with Crippen molar-refractivity contribution in [2.75, 3.05) is 5.73 Å². The lowest BCUT2D eigenvalue weighted by Crippen LogP contribution is -2.41. The van der Waals surface area contributed by atoms with E-state index in [1.807, 2.05) is 69.3 Å². The second kappa shape index (κ2) is 7.96. The molecule has 1 amide bonds. The molecule has 2 heterocycles. The molecule has 3 N–H and O–H groups in total. The van der Waals surface area contributed by atoms with Gasteiger partial charge in [-0.15, -0.1) is 0 Å². The normalized spacial score (nSPS) is 11.5. The highest BCUT2D eigenvalue weighted by atomic mass is 35.5. The van der Waals surface area contributed by atoms with E-state index >= 15 is 0 Å². The summed E-state index contributed by atoms with van der Waals surface area (Å²) in [6.45, 7) is 5.68. The molecule has 0 aliphatic rings. The van der Waals surface area contributed by atoms with Crippen LogP contribution in [0.3, 0.4) is 0 Å². The lowest BCUT2D eigenvalue weighted by molar-refractivity contribution is 0.0915. The highest BCUT2D eigenvalue weighted by molar-refractivity contribution is 6.35. The summed E-state index contributed by atoms with van der Waals surface area (Å²) in [6, 6.07) is 17.1. The third-order valence-corrected chi connectivity index (χ3v) is 4.89. The average Bonchev–Trinajstić information content (AvgIpc) is 2.73. The van der Waals surface area contributed by atoms with Crippen LogP contribution in [-0.2, 0) is 0 Å². The number of fused-ring (bicyclic) bond motifs is 1. The Balaban J connectivity index is 1.96. The van der Waals surface area contributed by atoms with Gasteiger partial charge in [-0.2, -0.15) is 0 Å². The van der Waals surface area contributed by atoms with Gasteiger partial charge >= 0.3 is 0 Å². The highest BCUT2D eigenvalue weighted by Gasteiger charge is 2.23. The molecule has 0 aliphatic carbocycles. The zero-order chi connectivity index (χ0) is 22.2. The summed E-state index contributed by atoms with van der Waals surface area (Å²) < 4.78 is 0. The van der Waals surface area contributed by atoms with Gasteiger partial charge in [-0.3, -0.25) is 9.78 Å². The molecule has 0 spiro atoms. The van der Waals surface area contributed by atoms with E-state index in [0.717, 1.165) is 16.5 Å². The molecular formula is C24H22ClN5O. The topological polar surface area (TPSA) is 93.8 Å². The number of carbonyl (C=O) groups excluding carboxylic acids is 1. The summed E-state index contributed by atoms with van der Waals surface area (Å²) >= 11 is 6.52. The predicted octanol–water partition coefficient (Wildman–Crippen LogP) is 5.12. The summed E-state index contributed by atoms with van der Waals surface area (Å²) in [7, 11) is 0. The van der Waals surface area contributed by atoms with Gasteiger partial charge in [0.2, 0.25) is 0 Å². The monoisotopic (exact) mass is 431 g/mol. The molecule has 0 saturated carbocycles. The third kappa shape index (κ3) is 4.34. The first kappa shape index (κ1) is 20.8. The van der Waals surface area contributed by atoms with E-state index in [1.165, 1.54) is 0 Å². The predicted molar refractivity (Wildman–Crippen MR) is 125 cm³/mol. The number of nitrogen functional groups attached to an aromatic ring is 1. The first-order valence-corrected chi connectivity index (χ1v) is 10.2. The number of rotatable bonds is 3. The summed E-state index contributed by atoms with van der Waals surface area (Å²) in [5.41, 5.74) is 9.16. The second-order valence-corrected chi connectivity index (χ2v) is 8.67. The van der Waals surface area contributed by atoms with Crippen LogP contribution in [-0.4, -0.2) is 26.4 Å². The van der Waals surface area contributed by atoms with Crippen molar-refractivity contribution in [3.63, 3.8) is 0 Å². The van der Waals surface area contributed by atoms with Crippen LogP contribution in [0.15, 0.2) is 60.8 Å². The SMILES string of the molecule is CC(C)(C)NC(=O)c1nc(-c2cc(Cl)c3ncccc3c2)c(-c2ccccc2)nc1N. The van der Waals surface area contributed by atoms with E-state index in [1.54, 1.807) is 12.3 Å². The van der Waals surface area contributed by atoms with Gasteiger partial charge in [0.05, 0.1) is 21.9 Å². The summed E-state index contributed by atoms with van der Waals surface area (Å²) in [5.74, 6) is -0.315. The maximum atomic E-state index is 12.9. The number of benzene rings is 2. The van der Waals surface area contributed by atoms with Crippen LogP contribution < -0.4 is 11.1 Å². The Morgan fingerprint density at radius 1 is 0.968 bits per heavy atom. The van der Waals surface area contributed by atoms with Crippen LogP contribution in [0.1, 0.15) is 31.3 Å². The fourth-order valence-corrected chi connectivity index (χ4v) is 3.57. The van der Waals surface area contributed by atoms with Gasteiger partial charge in [-0.1, -0.05) is 48.0 Å². The van der Waals surface area contributed by atoms with E-state index in [-0.39, 0.29) is 17.4 Å². The minimum Gasteiger partial charge on any atom is -0.382 e. The lowest BCUT2D eigenvalue weighted by Gasteiger charge is -2.21. The van der Waals surface area contributed by atoms with Crippen LogP contribution >= 0.6 is 11.6 Å². The van der Waals surface area contributed by atoms with Crippen LogP contribution in [0.2, 0.25) is 5.02 Å². The van der Waals surface area contributed by atoms with Crippen LogP contribution in [0.25, 0.3) is 33.4 Å². The van der Waals surface area contributed by atoms with Crippen molar-refractivity contribution < 1.29 is 4.79 Å². The van der Waals surface area contributed by atoms with E-state index in [9.17, 15) is 4.79 Å². The average molecular weight is 432 g/mol. The van der Waals surface area contributed by atoms with Gasteiger partial charge < -0.3 is 11.1 Å². The van der Waals surface area contributed by atoms with Crippen molar-refractivity contribution >= 4 is 34.2 Å². The molecule has 7 heteroatoms. The maximum absolute atomic E-state index is 12.9. The fourth-order valence-electron chi connectivity index (χ4n) is 3.30. The van der Waals surface area contributed by atoms with Crippen molar-refractivity contribution in [2.45, 2.75) is 26.3 Å². The highest BCUT2D eigenvalue weighted by Crippen LogP contribution is 2.34. The van der Waals surface area contributed by atoms with Crippen LogP contribution in [0.4, 0.5) is 5.82 Å². The number of pyridine rings is 1. The number of nitrogens with two attached hydrogens (primary N) is 1. The molecule has 6 nitrogen and oxygen atoms in total. The van der Waals surface area contributed by atoms with Crippen molar-refractivity contribution in [2.24, 2.45) is 0 Å². The molecule has 0 aliphatic heterocycles. The third-order valence-electron chi connectivity index (χ3n) is 4.61. The Morgan fingerprint density at radius 3 is 2.39 bits per heavy atom. The van der Waals surface area contributed by atoms with Crippen molar-refractivity contribution in [3.8, 4) is 22.5 Å². The molecular weight excluding hydrogens is 410 g/mol. The largest absolute Gasteiger partial charge is 0.382 e. The Bertz CT molecular complexity index is 1280. The number of nitrogens with zero attached hydrogens (tertiary/aromatic N) is 3. The molecule has 4 aromatic rings. The molecule has 0 unspecified atom stereocenters. The first-order chi connectivity index (χ1) is 14.7. The molecule has 0 bridgehead atoms. The Hall–Kier alpha value is -3.51. The van der Waals surface area contributed by atoms with Gasteiger partial charge in [-0.05, 0) is 39.0 Å². The Morgan fingerprint density at radius 2 is 1.68 bits per heavy atom. The number of aromatic nitrogens is 3. The van der Waals surface area contributed by atoms with Gasteiger partial charge in [0.15, 0.2) is 11.5 Å². The van der Waals surface area contributed by atoms with Crippen molar-refractivity contribution in [1.82, 2.24) is 20.3 Å². The fraction of sp³-hybridized carbons (Fsp3) is 0.167. The standard InChI is InChI=1S/C24H22ClN5O/c1-24(2,3)30-23(31)21-22(26)29-19(14-8-5-4-6-9-14)20(28-21)16-12-15-10-7-11-27-18(15)17(25)13-16/h4-13H,1-3H3,(H2,26,29)(H,30,31). The first-order valence-electron chi connectivity index (χ1n) is 9.83. The molecule has 0 radical (unpaired) electrons. The number of halogens is 1. The second-order valence-electron chi connectivity index (χ2n) is 8.26. The van der Waals surface area contributed by atoms with Crippen LogP contribution in [0, 0.1) is 0 Å². The number of hydrogen-bond donors (Lipinski definition) is 2. The summed E-state index contributed by atoms with van der Waals surface area (Å²) in [4.78, 5) is 26.5. The Labute approximate surface area is 185 Å². The zero-order valence-electron chi connectivity index (χ0n) is 17.5. The molecule has 0 saturated heterocycles. The minimum atomic E-state index is -0.443. The van der Waals surface area contributed by atoms with Crippen molar-refractivity contribution in [1.29, 1.82) is 0 Å². The summed E-state index contributed by atoms with van der Waals surface area (Å²) in [5, 5.41) is 4.25. The van der Waals surface area contributed by atoms with Gasteiger partial charge in [0.1, 0.15) is 0 Å². The minimum absolute atomic E-state index is 0.0675. The molecule has 2 aromatic heterocycles. The number of hydrogen-bond acceptors (Lipinski definition) is 5. The zero-order valence-corrected chi connectivity index (χ0v) is 18.2. The smallest absolute Gasteiger partial charge is 0.274 e. The van der Waals surface area contributed by atoms with Gasteiger partial charge in [0.25, 0.3) is 5.91 Å². The number of carbonyl (C=O) groups is 1. The molecule has 156 valence electrons. The van der Waals surface area contributed by atoms with Gasteiger partial charge in [0, 0.05) is 28.2 Å². The number of amides is 1. The van der Waals surface area contributed by atoms with Crippen molar-refractivity contribution in [3.05, 3.63) is 71.5 Å². The van der Waals surface area contributed by atoms with E-state index in [2.05, 4.69) is 20.3 Å².